The van der Waals surface area contributed by atoms with Crippen LogP contribution in [0.3, 0.4) is 0 Å². The van der Waals surface area contributed by atoms with Crippen LogP contribution in [0.4, 0.5) is 0 Å². The van der Waals surface area contributed by atoms with E-state index in [1.54, 1.807) is 24.3 Å². The van der Waals surface area contributed by atoms with Crippen molar-refractivity contribution in [2.45, 2.75) is 6.04 Å². The number of carboxylic acids is 1. The minimum Gasteiger partial charge on any atom is -0.480 e. The molecule has 0 fully saturated rings. The Morgan fingerprint density at radius 2 is 2.20 bits per heavy atom. The Kier molecular flexibility index (Phi) is 4.53. The molecular weight excluding hydrogens is 194 g/mol. The molecule has 0 radical (unpaired) electrons. The van der Waals surface area contributed by atoms with Gasteiger partial charge >= 0.3 is 5.97 Å². The number of hydrogen-bond acceptors (Lipinski definition) is 3. The van der Waals surface area contributed by atoms with Gasteiger partial charge in [0.15, 0.2) is 6.04 Å². The highest BCUT2D eigenvalue weighted by molar-refractivity contribution is 5.75. The summed E-state index contributed by atoms with van der Waals surface area (Å²) in [6.07, 6.45) is 1.54. The van der Waals surface area contributed by atoms with Crippen molar-refractivity contribution in [3.63, 3.8) is 0 Å². The van der Waals surface area contributed by atoms with Crippen molar-refractivity contribution in [1.82, 2.24) is 5.48 Å². The van der Waals surface area contributed by atoms with E-state index in [1.165, 1.54) is 6.08 Å². The van der Waals surface area contributed by atoms with Crippen molar-refractivity contribution in [3.8, 4) is 0 Å². The molecule has 1 unspecified atom stereocenters. The summed E-state index contributed by atoms with van der Waals surface area (Å²) in [6, 6.07) is 7.98. The first-order valence-corrected chi connectivity index (χ1v) is 4.51. The Hall–Kier alpha value is -1.65. The van der Waals surface area contributed by atoms with Gasteiger partial charge in [-0.2, -0.15) is 5.48 Å². The van der Waals surface area contributed by atoms with E-state index in [0.29, 0.717) is 5.56 Å². The Balaban J connectivity index is 2.66. The smallest absolute Gasteiger partial charge is 0.327 e. The third-order valence-corrected chi connectivity index (χ3v) is 1.78. The SMILES string of the molecule is C=CCONC(C(=O)O)c1ccccc1. The van der Waals surface area contributed by atoms with E-state index in [4.69, 9.17) is 9.94 Å². The fourth-order valence-corrected chi connectivity index (χ4v) is 1.10. The van der Waals surface area contributed by atoms with Gasteiger partial charge in [-0.15, -0.1) is 6.58 Å². The fraction of sp³-hybridized carbons (Fsp3) is 0.182. The number of hydroxylamine groups is 1. The summed E-state index contributed by atoms with van der Waals surface area (Å²) in [6.45, 7) is 3.72. The first kappa shape index (κ1) is 11.4. The quantitative estimate of drug-likeness (QED) is 0.422. The molecule has 0 saturated carbocycles. The molecule has 1 rings (SSSR count). The zero-order valence-electron chi connectivity index (χ0n) is 8.22. The van der Waals surface area contributed by atoms with E-state index in [9.17, 15) is 4.79 Å². The molecule has 4 nitrogen and oxygen atoms in total. The van der Waals surface area contributed by atoms with E-state index >= 15 is 0 Å². The third kappa shape index (κ3) is 3.53. The van der Waals surface area contributed by atoms with Crippen LogP contribution in [0, 0.1) is 0 Å². The van der Waals surface area contributed by atoms with Gasteiger partial charge in [-0.05, 0) is 5.56 Å². The van der Waals surface area contributed by atoms with Gasteiger partial charge in [0.1, 0.15) is 0 Å². The number of nitrogens with one attached hydrogen (secondary N) is 1. The average Bonchev–Trinajstić information content (AvgIpc) is 2.25. The van der Waals surface area contributed by atoms with Crippen molar-refractivity contribution < 1.29 is 14.7 Å². The average molecular weight is 207 g/mol. The zero-order valence-corrected chi connectivity index (χ0v) is 8.22. The predicted molar refractivity (Wildman–Crippen MR) is 56.1 cm³/mol. The Bertz CT molecular complexity index is 324. The lowest BCUT2D eigenvalue weighted by Gasteiger charge is -2.13. The van der Waals surface area contributed by atoms with Crippen LogP contribution in [0.1, 0.15) is 11.6 Å². The summed E-state index contributed by atoms with van der Waals surface area (Å²) in [5.74, 6) is -0.981. The van der Waals surface area contributed by atoms with Gasteiger partial charge in [0.05, 0.1) is 6.61 Å². The van der Waals surface area contributed by atoms with Gasteiger partial charge < -0.3 is 5.11 Å². The molecule has 1 atom stereocenters. The molecule has 0 amide bonds. The van der Waals surface area contributed by atoms with Crippen molar-refractivity contribution in [1.29, 1.82) is 0 Å². The second kappa shape index (κ2) is 5.95. The molecule has 0 aliphatic rings. The molecule has 0 aliphatic heterocycles. The monoisotopic (exact) mass is 207 g/mol. The molecular formula is C11H13NO3. The summed E-state index contributed by atoms with van der Waals surface area (Å²) in [5.41, 5.74) is 3.11. The maximum Gasteiger partial charge on any atom is 0.327 e. The van der Waals surface area contributed by atoms with Crippen LogP contribution in [-0.2, 0) is 9.63 Å². The van der Waals surface area contributed by atoms with Crippen LogP contribution < -0.4 is 5.48 Å². The van der Waals surface area contributed by atoms with Crippen LogP contribution in [0.2, 0.25) is 0 Å². The first-order valence-electron chi connectivity index (χ1n) is 4.51. The molecule has 0 spiro atoms. The van der Waals surface area contributed by atoms with Gasteiger partial charge in [-0.3, -0.25) is 9.63 Å². The molecule has 0 aliphatic carbocycles. The van der Waals surface area contributed by atoms with Crippen molar-refractivity contribution in [3.05, 3.63) is 48.6 Å². The highest BCUT2D eigenvalue weighted by Crippen LogP contribution is 2.12. The fourth-order valence-electron chi connectivity index (χ4n) is 1.10. The molecule has 0 saturated heterocycles. The highest BCUT2D eigenvalue weighted by atomic mass is 16.6. The molecule has 1 aromatic rings. The summed E-state index contributed by atoms with van der Waals surface area (Å²) in [4.78, 5) is 15.8. The first-order chi connectivity index (χ1) is 7.25. The number of hydrogen-bond donors (Lipinski definition) is 2. The topological polar surface area (TPSA) is 58.6 Å². The molecule has 0 aromatic heterocycles. The highest BCUT2D eigenvalue weighted by Gasteiger charge is 2.18. The Morgan fingerprint density at radius 1 is 1.53 bits per heavy atom. The summed E-state index contributed by atoms with van der Waals surface area (Å²) in [5, 5.41) is 8.96. The van der Waals surface area contributed by atoms with Crippen molar-refractivity contribution >= 4 is 5.97 Å². The molecule has 1 aromatic carbocycles. The van der Waals surface area contributed by atoms with Crippen molar-refractivity contribution in [2.75, 3.05) is 6.61 Å². The second-order valence-corrected chi connectivity index (χ2v) is 2.90. The number of rotatable bonds is 6. The van der Waals surface area contributed by atoms with Crippen LogP contribution in [0.15, 0.2) is 43.0 Å². The molecule has 0 bridgehead atoms. The largest absolute Gasteiger partial charge is 0.480 e. The van der Waals surface area contributed by atoms with E-state index in [1.807, 2.05) is 6.07 Å². The second-order valence-electron chi connectivity index (χ2n) is 2.90. The summed E-state index contributed by atoms with van der Waals surface area (Å²) in [7, 11) is 0. The molecule has 2 N–H and O–H groups in total. The standard InChI is InChI=1S/C11H13NO3/c1-2-8-15-12-10(11(13)14)9-6-4-3-5-7-9/h2-7,10,12H,1,8H2,(H,13,14). The lowest BCUT2D eigenvalue weighted by atomic mass is 10.1. The maximum atomic E-state index is 10.9. The normalized spacial score (nSPS) is 12.0. The Labute approximate surface area is 88.1 Å². The number of aliphatic carboxylic acids is 1. The van der Waals surface area contributed by atoms with E-state index in [0.717, 1.165) is 0 Å². The minimum absolute atomic E-state index is 0.261. The lowest BCUT2D eigenvalue weighted by molar-refractivity contribution is -0.144. The number of carboxylic acid groups (broad SMARTS) is 1. The van der Waals surface area contributed by atoms with Crippen LogP contribution in [0.25, 0.3) is 0 Å². The molecule has 4 heteroatoms. The van der Waals surface area contributed by atoms with Gasteiger partial charge in [0, 0.05) is 0 Å². The summed E-state index contributed by atoms with van der Waals surface area (Å²) >= 11 is 0. The lowest BCUT2D eigenvalue weighted by Crippen LogP contribution is -2.28. The molecule has 0 heterocycles. The van der Waals surface area contributed by atoms with Crippen LogP contribution >= 0.6 is 0 Å². The number of benzene rings is 1. The van der Waals surface area contributed by atoms with Crippen molar-refractivity contribution in [2.24, 2.45) is 0 Å². The van der Waals surface area contributed by atoms with Crippen LogP contribution in [0.5, 0.6) is 0 Å². The van der Waals surface area contributed by atoms with Gasteiger partial charge in [-0.1, -0.05) is 36.4 Å². The van der Waals surface area contributed by atoms with Gasteiger partial charge in [-0.25, -0.2) is 0 Å². The van der Waals surface area contributed by atoms with Gasteiger partial charge in [0.2, 0.25) is 0 Å². The molecule has 80 valence electrons. The predicted octanol–water partition coefficient (Wildman–Crippen LogP) is 1.52. The van der Waals surface area contributed by atoms with Gasteiger partial charge in [0.25, 0.3) is 0 Å². The minimum atomic E-state index is -0.981. The molecule has 15 heavy (non-hydrogen) atoms. The number of carbonyl (C=O) groups is 1. The summed E-state index contributed by atoms with van der Waals surface area (Å²) < 4.78 is 0. The third-order valence-electron chi connectivity index (χ3n) is 1.78. The Morgan fingerprint density at radius 3 is 2.73 bits per heavy atom. The zero-order chi connectivity index (χ0) is 11.1. The van der Waals surface area contributed by atoms with E-state index in [2.05, 4.69) is 12.1 Å². The maximum absolute atomic E-state index is 10.9. The van der Waals surface area contributed by atoms with E-state index < -0.39 is 12.0 Å². The van der Waals surface area contributed by atoms with E-state index in [-0.39, 0.29) is 6.61 Å². The van der Waals surface area contributed by atoms with Crippen LogP contribution in [-0.4, -0.2) is 17.7 Å².